The first-order chi connectivity index (χ1) is 6.59. The largest absolute Gasteiger partial charge is 0.325 e. The zero-order valence-corrected chi connectivity index (χ0v) is 10.2. The quantitative estimate of drug-likeness (QED) is 0.730. The van der Waals surface area contributed by atoms with Crippen molar-refractivity contribution in [3.8, 4) is 0 Å². The minimum atomic E-state index is -0.383. The highest BCUT2D eigenvalue weighted by molar-refractivity contribution is 9.11. The molecule has 1 aromatic carbocycles. The van der Waals surface area contributed by atoms with Gasteiger partial charge in [0.05, 0.1) is 14.6 Å². The Morgan fingerprint density at radius 1 is 1.36 bits per heavy atom. The topological polar surface area (TPSA) is 29.1 Å². The Balaban J connectivity index is 2.60. The molecular formula is C9H6Br2FNO. The van der Waals surface area contributed by atoms with Crippen molar-refractivity contribution < 1.29 is 9.18 Å². The first-order valence-electron chi connectivity index (χ1n) is 4.06. The number of benzene rings is 1. The molecular weight excluding hydrogens is 317 g/mol. The van der Waals surface area contributed by atoms with Gasteiger partial charge in [-0.3, -0.25) is 4.79 Å². The predicted octanol–water partition coefficient (Wildman–Crippen LogP) is 3.24. The van der Waals surface area contributed by atoms with Crippen LogP contribution in [0.15, 0.2) is 15.0 Å². The highest BCUT2D eigenvalue weighted by Crippen LogP contribution is 2.36. The van der Waals surface area contributed by atoms with Crippen molar-refractivity contribution >= 4 is 43.5 Å². The summed E-state index contributed by atoms with van der Waals surface area (Å²) in [5.41, 5.74) is 1.51. The van der Waals surface area contributed by atoms with Gasteiger partial charge in [0.15, 0.2) is 5.82 Å². The van der Waals surface area contributed by atoms with Crippen LogP contribution in [0, 0.1) is 5.82 Å². The molecule has 0 fully saturated rings. The Hall–Kier alpha value is -0.420. The fourth-order valence-corrected chi connectivity index (χ4v) is 2.73. The lowest BCUT2D eigenvalue weighted by Gasteiger charge is -2.19. The average Bonchev–Trinajstić information content (AvgIpc) is 2.16. The summed E-state index contributed by atoms with van der Waals surface area (Å²) in [5, 5.41) is 2.65. The van der Waals surface area contributed by atoms with Crippen molar-refractivity contribution in [1.82, 2.24) is 0 Å². The average molecular weight is 323 g/mol. The van der Waals surface area contributed by atoms with Gasteiger partial charge in [-0.1, -0.05) is 0 Å². The van der Waals surface area contributed by atoms with Crippen molar-refractivity contribution in [1.29, 1.82) is 0 Å². The van der Waals surface area contributed by atoms with Crippen molar-refractivity contribution in [2.45, 2.75) is 12.8 Å². The normalized spacial score (nSPS) is 14.9. The minimum absolute atomic E-state index is 0.0695. The van der Waals surface area contributed by atoms with Gasteiger partial charge in [0.25, 0.3) is 0 Å². The van der Waals surface area contributed by atoms with Gasteiger partial charge >= 0.3 is 0 Å². The molecule has 0 aliphatic carbocycles. The van der Waals surface area contributed by atoms with E-state index in [1.165, 1.54) is 0 Å². The van der Waals surface area contributed by atoms with E-state index in [-0.39, 0.29) is 11.7 Å². The molecule has 0 bridgehead atoms. The number of nitrogens with one attached hydrogen (secondary N) is 1. The van der Waals surface area contributed by atoms with Crippen molar-refractivity contribution in [2.24, 2.45) is 0 Å². The highest BCUT2D eigenvalue weighted by Gasteiger charge is 2.21. The van der Waals surface area contributed by atoms with Gasteiger partial charge in [-0.15, -0.1) is 0 Å². The third-order valence-corrected chi connectivity index (χ3v) is 3.45. The summed E-state index contributed by atoms with van der Waals surface area (Å²) in [4.78, 5) is 11.1. The van der Waals surface area contributed by atoms with Gasteiger partial charge < -0.3 is 5.32 Å². The highest BCUT2D eigenvalue weighted by atomic mass is 79.9. The van der Waals surface area contributed by atoms with Crippen molar-refractivity contribution in [2.75, 3.05) is 5.32 Å². The molecule has 1 aliphatic heterocycles. The molecule has 0 spiro atoms. The monoisotopic (exact) mass is 321 g/mol. The molecule has 1 N–H and O–H groups in total. The van der Waals surface area contributed by atoms with Crippen LogP contribution in [0.4, 0.5) is 10.1 Å². The van der Waals surface area contributed by atoms with E-state index >= 15 is 0 Å². The van der Waals surface area contributed by atoms with Crippen LogP contribution in [0.5, 0.6) is 0 Å². The Bertz CT molecular complexity index is 420. The molecule has 1 amide bonds. The molecule has 0 saturated carbocycles. The summed E-state index contributed by atoms with van der Waals surface area (Å²) < 4.78 is 14.1. The van der Waals surface area contributed by atoms with Crippen LogP contribution in [0.3, 0.4) is 0 Å². The fourth-order valence-electron chi connectivity index (χ4n) is 1.43. The van der Waals surface area contributed by atoms with Crippen LogP contribution in [0.2, 0.25) is 0 Å². The molecule has 5 heteroatoms. The van der Waals surface area contributed by atoms with Gasteiger partial charge in [-0.05, 0) is 49.9 Å². The Kier molecular flexibility index (Phi) is 2.62. The van der Waals surface area contributed by atoms with Crippen LogP contribution in [-0.4, -0.2) is 5.91 Å². The first-order valence-corrected chi connectivity index (χ1v) is 5.64. The van der Waals surface area contributed by atoms with E-state index < -0.39 is 0 Å². The molecule has 0 aromatic heterocycles. The lowest BCUT2D eigenvalue weighted by molar-refractivity contribution is -0.116. The minimum Gasteiger partial charge on any atom is -0.325 e. The van der Waals surface area contributed by atoms with E-state index in [1.54, 1.807) is 6.07 Å². The number of amides is 1. The second kappa shape index (κ2) is 3.62. The molecule has 1 heterocycles. The maximum Gasteiger partial charge on any atom is 0.224 e. The second-order valence-corrected chi connectivity index (χ2v) is 4.72. The van der Waals surface area contributed by atoms with E-state index in [0.29, 0.717) is 27.5 Å². The molecule has 0 radical (unpaired) electrons. The summed E-state index contributed by atoms with van der Waals surface area (Å²) in [6.07, 6.45) is 1.11. The third-order valence-electron chi connectivity index (χ3n) is 2.13. The second-order valence-electron chi connectivity index (χ2n) is 3.07. The first kappa shape index (κ1) is 10.1. The number of fused-ring (bicyclic) bond motifs is 1. The zero-order valence-electron chi connectivity index (χ0n) is 7.03. The molecule has 2 rings (SSSR count). The van der Waals surface area contributed by atoms with Crippen LogP contribution in [0.1, 0.15) is 12.0 Å². The van der Waals surface area contributed by atoms with Crippen LogP contribution < -0.4 is 5.32 Å². The van der Waals surface area contributed by atoms with E-state index in [4.69, 9.17) is 0 Å². The number of carbonyl (C=O) groups is 1. The molecule has 1 aliphatic rings. The van der Waals surface area contributed by atoms with Crippen LogP contribution in [-0.2, 0) is 11.2 Å². The molecule has 2 nitrogen and oxygen atoms in total. The number of hydrogen-bond donors (Lipinski definition) is 1. The van der Waals surface area contributed by atoms with Gasteiger partial charge in [0, 0.05) is 6.42 Å². The van der Waals surface area contributed by atoms with Gasteiger partial charge in [-0.25, -0.2) is 4.39 Å². The number of anilines is 1. The molecule has 74 valence electrons. The Morgan fingerprint density at radius 2 is 2.07 bits per heavy atom. The number of aryl methyl sites for hydroxylation is 1. The SMILES string of the molecule is O=C1CCc2cc(Br)c(F)c(Br)c2N1. The van der Waals surface area contributed by atoms with Gasteiger partial charge in [0.1, 0.15) is 0 Å². The predicted molar refractivity (Wildman–Crippen MR) is 58.8 cm³/mol. The van der Waals surface area contributed by atoms with Crippen molar-refractivity contribution in [3.05, 3.63) is 26.4 Å². The lowest BCUT2D eigenvalue weighted by atomic mass is 10.0. The maximum absolute atomic E-state index is 13.4. The Labute approximate surface area is 97.1 Å². The van der Waals surface area contributed by atoms with E-state index in [0.717, 1.165) is 5.56 Å². The number of hydrogen-bond acceptors (Lipinski definition) is 1. The number of carbonyl (C=O) groups excluding carboxylic acids is 1. The van der Waals surface area contributed by atoms with Crippen LogP contribution in [0.25, 0.3) is 0 Å². The molecule has 1 aromatic rings. The number of halogens is 3. The van der Waals surface area contributed by atoms with E-state index in [9.17, 15) is 9.18 Å². The van der Waals surface area contributed by atoms with Crippen LogP contribution >= 0.6 is 31.9 Å². The van der Waals surface area contributed by atoms with Crippen molar-refractivity contribution in [3.63, 3.8) is 0 Å². The summed E-state index contributed by atoms with van der Waals surface area (Å²) in [5.74, 6) is -0.453. The van der Waals surface area contributed by atoms with E-state index in [2.05, 4.69) is 37.2 Å². The summed E-state index contributed by atoms with van der Waals surface area (Å²) in [6, 6.07) is 1.70. The maximum atomic E-state index is 13.4. The fraction of sp³-hybridized carbons (Fsp3) is 0.222. The summed E-state index contributed by atoms with van der Waals surface area (Å²) >= 11 is 6.25. The van der Waals surface area contributed by atoms with Gasteiger partial charge in [0.2, 0.25) is 5.91 Å². The number of rotatable bonds is 0. The molecule has 0 unspecified atom stereocenters. The smallest absolute Gasteiger partial charge is 0.224 e. The summed E-state index contributed by atoms with van der Waals surface area (Å²) in [6.45, 7) is 0. The molecule has 0 saturated heterocycles. The molecule has 14 heavy (non-hydrogen) atoms. The van der Waals surface area contributed by atoms with E-state index in [1.807, 2.05) is 0 Å². The standard InChI is InChI=1S/C9H6Br2FNO/c10-5-3-4-1-2-6(14)13-9(4)7(11)8(5)12/h3H,1-2H2,(H,13,14). The lowest BCUT2D eigenvalue weighted by Crippen LogP contribution is -2.19. The Morgan fingerprint density at radius 3 is 2.79 bits per heavy atom. The summed E-state index contributed by atoms with van der Waals surface area (Å²) in [7, 11) is 0. The molecule has 0 atom stereocenters. The van der Waals surface area contributed by atoms with Gasteiger partial charge in [-0.2, -0.15) is 0 Å². The zero-order chi connectivity index (χ0) is 10.3. The third kappa shape index (κ3) is 1.59.